The molecule has 0 aliphatic heterocycles. The smallest absolute Gasteiger partial charge is 0.255 e. The predicted molar refractivity (Wildman–Crippen MR) is 78.5 cm³/mol. The number of benzene rings is 2. The Balaban J connectivity index is 2.23. The van der Waals surface area contributed by atoms with Crippen molar-refractivity contribution in [2.24, 2.45) is 5.73 Å². The second-order valence-electron chi connectivity index (χ2n) is 4.27. The van der Waals surface area contributed by atoms with Crippen LogP contribution in [0.5, 0.6) is 0 Å². The van der Waals surface area contributed by atoms with E-state index in [1.54, 1.807) is 24.3 Å². The molecule has 1 amide bonds. The molecule has 0 atom stereocenters. The predicted octanol–water partition coefficient (Wildman–Crippen LogP) is 3.36. The molecule has 0 spiro atoms. The van der Waals surface area contributed by atoms with E-state index in [9.17, 15) is 4.79 Å². The van der Waals surface area contributed by atoms with E-state index < -0.39 is 0 Å². The van der Waals surface area contributed by atoms with Crippen molar-refractivity contribution >= 4 is 23.2 Å². The molecule has 3 N–H and O–H groups in total. The van der Waals surface area contributed by atoms with Crippen LogP contribution in [0.4, 0.5) is 5.69 Å². The van der Waals surface area contributed by atoms with Crippen LogP contribution >= 0.6 is 11.6 Å². The van der Waals surface area contributed by atoms with E-state index in [-0.39, 0.29) is 5.91 Å². The Morgan fingerprint density at radius 2 is 2.00 bits per heavy atom. The van der Waals surface area contributed by atoms with Crippen molar-refractivity contribution < 1.29 is 4.79 Å². The number of amides is 1. The summed E-state index contributed by atoms with van der Waals surface area (Å²) in [6.07, 6.45) is 0. The quantitative estimate of drug-likeness (QED) is 0.902. The highest BCUT2D eigenvalue weighted by molar-refractivity contribution is 6.31. The van der Waals surface area contributed by atoms with Crippen molar-refractivity contribution in [2.45, 2.75) is 13.5 Å². The minimum Gasteiger partial charge on any atom is -0.326 e. The first-order chi connectivity index (χ1) is 9.11. The van der Waals surface area contributed by atoms with Crippen molar-refractivity contribution in [1.82, 2.24) is 0 Å². The van der Waals surface area contributed by atoms with Gasteiger partial charge in [0.25, 0.3) is 5.91 Å². The topological polar surface area (TPSA) is 55.1 Å². The van der Waals surface area contributed by atoms with Gasteiger partial charge in [0.1, 0.15) is 0 Å². The minimum atomic E-state index is -0.166. The van der Waals surface area contributed by atoms with Gasteiger partial charge in [-0.05, 0) is 42.3 Å². The van der Waals surface area contributed by atoms with Gasteiger partial charge < -0.3 is 11.1 Å². The molecule has 0 radical (unpaired) electrons. The molecule has 0 unspecified atom stereocenters. The molecule has 0 aliphatic rings. The maximum Gasteiger partial charge on any atom is 0.255 e. The molecule has 2 rings (SSSR count). The fraction of sp³-hybridized carbons (Fsp3) is 0.133. The van der Waals surface area contributed by atoms with E-state index in [1.165, 1.54) is 0 Å². The standard InChI is InChI=1S/C15H15ClN2O/c1-10-13(16)6-3-7-14(10)18-15(19)12-5-2-4-11(8-12)9-17/h2-8H,9,17H2,1H3,(H,18,19). The number of halogens is 1. The van der Waals surface area contributed by atoms with Crippen molar-refractivity contribution in [3.05, 3.63) is 64.2 Å². The molecule has 0 bridgehead atoms. The molecule has 98 valence electrons. The second-order valence-corrected chi connectivity index (χ2v) is 4.68. The van der Waals surface area contributed by atoms with Crippen molar-refractivity contribution in [3.63, 3.8) is 0 Å². The molecule has 0 saturated carbocycles. The van der Waals surface area contributed by atoms with Gasteiger partial charge in [0.2, 0.25) is 0 Å². The molecule has 2 aromatic rings. The highest BCUT2D eigenvalue weighted by Gasteiger charge is 2.09. The molecule has 0 saturated heterocycles. The first-order valence-corrected chi connectivity index (χ1v) is 6.35. The third-order valence-corrected chi connectivity index (χ3v) is 3.35. The average Bonchev–Trinajstić information content (AvgIpc) is 2.44. The number of rotatable bonds is 3. The number of hydrogen-bond donors (Lipinski definition) is 2. The molecule has 2 aromatic carbocycles. The fourth-order valence-corrected chi connectivity index (χ4v) is 1.95. The summed E-state index contributed by atoms with van der Waals surface area (Å²) in [5.74, 6) is -0.166. The molecule has 0 heterocycles. The van der Waals surface area contributed by atoms with Crippen LogP contribution in [0.1, 0.15) is 21.5 Å². The zero-order valence-electron chi connectivity index (χ0n) is 10.6. The molecule has 0 aromatic heterocycles. The van der Waals surface area contributed by atoms with E-state index >= 15 is 0 Å². The summed E-state index contributed by atoms with van der Waals surface area (Å²) in [4.78, 5) is 12.2. The van der Waals surface area contributed by atoms with Crippen molar-refractivity contribution in [2.75, 3.05) is 5.32 Å². The number of carbonyl (C=O) groups excluding carboxylic acids is 1. The molecule has 19 heavy (non-hydrogen) atoms. The molecule has 4 heteroatoms. The zero-order valence-corrected chi connectivity index (χ0v) is 11.4. The van der Waals surface area contributed by atoms with Gasteiger partial charge in [-0.3, -0.25) is 4.79 Å². The van der Waals surface area contributed by atoms with Gasteiger partial charge in [0.15, 0.2) is 0 Å². The Labute approximate surface area is 117 Å². The maximum atomic E-state index is 12.2. The number of nitrogens with two attached hydrogens (primary N) is 1. The summed E-state index contributed by atoms with van der Waals surface area (Å²) < 4.78 is 0. The molecule has 0 aliphatic carbocycles. The van der Waals surface area contributed by atoms with Crippen molar-refractivity contribution in [1.29, 1.82) is 0 Å². The highest BCUT2D eigenvalue weighted by atomic mass is 35.5. The van der Waals surface area contributed by atoms with Crippen LogP contribution in [-0.4, -0.2) is 5.91 Å². The number of carbonyl (C=O) groups is 1. The number of anilines is 1. The molecule has 0 fully saturated rings. The van der Waals surface area contributed by atoms with Gasteiger partial charge in [-0.15, -0.1) is 0 Å². The Kier molecular flexibility index (Phi) is 4.20. The number of hydrogen-bond acceptors (Lipinski definition) is 2. The van der Waals surface area contributed by atoms with Crippen LogP contribution in [0.15, 0.2) is 42.5 Å². The molecular weight excluding hydrogens is 260 g/mol. The van der Waals surface area contributed by atoms with Crippen LogP contribution in [0.3, 0.4) is 0 Å². The lowest BCUT2D eigenvalue weighted by Crippen LogP contribution is -2.13. The lowest BCUT2D eigenvalue weighted by Gasteiger charge is -2.10. The normalized spacial score (nSPS) is 10.3. The Morgan fingerprint density at radius 3 is 2.74 bits per heavy atom. The summed E-state index contributed by atoms with van der Waals surface area (Å²) in [5, 5.41) is 3.49. The van der Waals surface area contributed by atoms with E-state index in [4.69, 9.17) is 17.3 Å². The largest absolute Gasteiger partial charge is 0.326 e. The highest BCUT2D eigenvalue weighted by Crippen LogP contribution is 2.23. The second kappa shape index (κ2) is 5.87. The number of nitrogens with one attached hydrogen (secondary N) is 1. The van der Waals surface area contributed by atoms with E-state index in [2.05, 4.69) is 5.32 Å². The Bertz CT molecular complexity index is 611. The van der Waals surface area contributed by atoms with Crippen LogP contribution in [0, 0.1) is 6.92 Å². The SMILES string of the molecule is Cc1c(Cl)cccc1NC(=O)c1cccc(CN)c1. The summed E-state index contributed by atoms with van der Waals surface area (Å²) in [6, 6.07) is 12.7. The van der Waals surface area contributed by atoms with E-state index in [0.29, 0.717) is 17.1 Å². The molecule has 3 nitrogen and oxygen atoms in total. The summed E-state index contributed by atoms with van der Waals surface area (Å²) in [5.41, 5.74) is 8.65. The van der Waals surface area contributed by atoms with Crippen LogP contribution in [-0.2, 0) is 6.54 Å². The van der Waals surface area contributed by atoms with Crippen LogP contribution in [0.25, 0.3) is 0 Å². The third-order valence-electron chi connectivity index (χ3n) is 2.94. The van der Waals surface area contributed by atoms with Gasteiger partial charge in [0, 0.05) is 22.8 Å². The lowest BCUT2D eigenvalue weighted by molar-refractivity contribution is 0.102. The van der Waals surface area contributed by atoms with Crippen LogP contribution < -0.4 is 11.1 Å². The lowest BCUT2D eigenvalue weighted by atomic mass is 10.1. The van der Waals surface area contributed by atoms with E-state index in [0.717, 1.165) is 16.8 Å². The third kappa shape index (κ3) is 3.13. The summed E-state index contributed by atoms with van der Waals surface area (Å²) in [7, 11) is 0. The zero-order chi connectivity index (χ0) is 13.8. The van der Waals surface area contributed by atoms with Gasteiger partial charge in [-0.1, -0.05) is 29.8 Å². The van der Waals surface area contributed by atoms with Crippen LogP contribution in [0.2, 0.25) is 5.02 Å². The average molecular weight is 275 g/mol. The monoisotopic (exact) mass is 274 g/mol. The summed E-state index contributed by atoms with van der Waals surface area (Å²) in [6.45, 7) is 2.28. The first kappa shape index (κ1) is 13.6. The van der Waals surface area contributed by atoms with Gasteiger partial charge in [0.05, 0.1) is 0 Å². The first-order valence-electron chi connectivity index (χ1n) is 5.97. The fourth-order valence-electron chi connectivity index (χ4n) is 1.78. The maximum absolute atomic E-state index is 12.2. The Hall–Kier alpha value is -1.84. The van der Waals surface area contributed by atoms with E-state index in [1.807, 2.05) is 25.1 Å². The van der Waals surface area contributed by atoms with Crippen molar-refractivity contribution in [3.8, 4) is 0 Å². The minimum absolute atomic E-state index is 0.166. The van der Waals surface area contributed by atoms with Gasteiger partial charge in [-0.2, -0.15) is 0 Å². The molecular formula is C15H15ClN2O. The Morgan fingerprint density at radius 1 is 1.26 bits per heavy atom. The van der Waals surface area contributed by atoms with Gasteiger partial charge in [-0.25, -0.2) is 0 Å². The van der Waals surface area contributed by atoms with Gasteiger partial charge >= 0.3 is 0 Å². The summed E-state index contributed by atoms with van der Waals surface area (Å²) >= 11 is 6.02.